The molecule has 0 aliphatic rings. The van der Waals surface area contributed by atoms with E-state index in [1.807, 2.05) is 24.3 Å². The molecule has 0 unspecified atom stereocenters. The van der Waals surface area contributed by atoms with Gasteiger partial charge in [-0.05, 0) is 29.8 Å². The van der Waals surface area contributed by atoms with E-state index in [0.29, 0.717) is 12.2 Å². The lowest BCUT2D eigenvalue weighted by Crippen LogP contribution is -2.17. The van der Waals surface area contributed by atoms with Crippen LogP contribution in [0.15, 0.2) is 42.5 Å². The lowest BCUT2D eigenvalue weighted by Gasteiger charge is -2.20. The van der Waals surface area contributed by atoms with Crippen molar-refractivity contribution in [2.24, 2.45) is 0 Å². The van der Waals surface area contributed by atoms with Crippen molar-refractivity contribution in [3.05, 3.63) is 63.2 Å². The Kier molecular flexibility index (Phi) is 4.65. The average molecular weight is 307 g/mol. The van der Waals surface area contributed by atoms with Gasteiger partial charge in [0.05, 0.1) is 12.0 Å². The van der Waals surface area contributed by atoms with Gasteiger partial charge in [0.25, 0.3) is 0 Å². The number of hydrogen-bond acceptors (Lipinski definition) is 4. The number of benzene rings is 2. The van der Waals surface area contributed by atoms with Crippen molar-refractivity contribution in [2.75, 3.05) is 19.1 Å². The number of ether oxygens (including phenoxy) is 1. The summed E-state index contributed by atoms with van der Waals surface area (Å²) in [5, 5.41) is 11.3. The molecular formula is C15H15ClN2O3. The Morgan fingerprint density at radius 1 is 1.29 bits per heavy atom. The van der Waals surface area contributed by atoms with Gasteiger partial charge in [0.1, 0.15) is 16.5 Å². The smallest absolute Gasteiger partial charge is 0.310 e. The van der Waals surface area contributed by atoms with Gasteiger partial charge in [0.15, 0.2) is 0 Å². The fraction of sp³-hybridized carbons (Fsp3) is 0.200. The SMILES string of the molecule is COc1cccc(CN(C)c2cccc(Cl)c2[N+](=O)[O-])c1. The van der Waals surface area contributed by atoms with Crippen molar-refractivity contribution in [3.8, 4) is 5.75 Å². The zero-order valence-electron chi connectivity index (χ0n) is 11.7. The summed E-state index contributed by atoms with van der Waals surface area (Å²) in [4.78, 5) is 12.5. The van der Waals surface area contributed by atoms with Gasteiger partial charge in [-0.1, -0.05) is 29.8 Å². The highest BCUT2D eigenvalue weighted by atomic mass is 35.5. The maximum absolute atomic E-state index is 11.2. The Bertz CT molecular complexity index is 661. The number of hydrogen-bond donors (Lipinski definition) is 0. The third-order valence-electron chi connectivity index (χ3n) is 3.11. The molecule has 0 saturated heterocycles. The van der Waals surface area contributed by atoms with E-state index in [1.54, 1.807) is 31.2 Å². The normalized spacial score (nSPS) is 10.2. The summed E-state index contributed by atoms with van der Waals surface area (Å²) < 4.78 is 5.18. The largest absolute Gasteiger partial charge is 0.497 e. The lowest BCUT2D eigenvalue weighted by molar-refractivity contribution is -0.384. The Balaban J connectivity index is 2.30. The summed E-state index contributed by atoms with van der Waals surface area (Å²) in [7, 11) is 3.39. The Morgan fingerprint density at radius 3 is 2.67 bits per heavy atom. The molecule has 0 bridgehead atoms. The van der Waals surface area contributed by atoms with Crippen LogP contribution in [0.25, 0.3) is 0 Å². The zero-order valence-corrected chi connectivity index (χ0v) is 12.5. The predicted octanol–water partition coefficient (Wildman–Crippen LogP) is 3.89. The first-order valence-electron chi connectivity index (χ1n) is 6.30. The van der Waals surface area contributed by atoms with E-state index in [-0.39, 0.29) is 10.7 Å². The molecule has 0 heterocycles. The number of nitro groups is 1. The van der Waals surface area contributed by atoms with Crippen LogP contribution in [0.4, 0.5) is 11.4 Å². The Morgan fingerprint density at radius 2 is 2.00 bits per heavy atom. The standard InChI is InChI=1S/C15H15ClN2O3/c1-17(10-11-5-3-6-12(9-11)21-2)14-8-4-7-13(16)15(14)18(19)20/h3-9H,10H2,1-2H3. The molecule has 0 N–H and O–H groups in total. The monoisotopic (exact) mass is 306 g/mol. The predicted molar refractivity (Wildman–Crippen MR) is 83.2 cm³/mol. The van der Waals surface area contributed by atoms with E-state index in [1.165, 1.54) is 6.07 Å². The van der Waals surface area contributed by atoms with E-state index < -0.39 is 4.92 Å². The number of nitro benzene ring substituents is 1. The highest BCUT2D eigenvalue weighted by Crippen LogP contribution is 2.35. The van der Waals surface area contributed by atoms with Gasteiger partial charge in [0, 0.05) is 13.6 Å². The number of halogens is 1. The molecule has 0 fully saturated rings. The summed E-state index contributed by atoms with van der Waals surface area (Å²) in [5.74, 6) is 0.751. The summed E-state index contributed by atoms with van der Waals surface area (Å²) in [6, 6.07) is 12.5. The number of nitrogens with zero attached hydrogens (tertiary/aromatic N) is 2. The van der Waals surface area contributed by atoms with Gasteiger partial charge in [-0.2, -0.15) is 0 Å². The molecule has 0 spiro atoms. The summed E-state index contributed by atoms with van der Waals surface area (Å²) in [6.07, 6.45) is 0. The van der Waals surface area contributed by atoms with Crippen molar-refractivity contribution in [1.82, 2.24) is 0 Å². The van der Waals surface area contributed by atoms with Crippen molar-refractivity contribution in [3.63, 3.8) is 0 Å². The van der Waals surface area contributed by atoms with Gasteiger partial charge in [0.2, 0.25) is 0 Å². The van der Waals surface area contributed by atoms with Crippen LogP contribution >= 0.6 is 11.6 Å². The van der Waals surface area contributed by atoms with E-state index >= 15 is 0 Å². The van der Waals surface area contributed by atoms with E-state index in [2.05, 4.69) is 0 Å². The third-order valence-corrected chi connectivity index (χ3v) is 3.42. The van der Waals surface area contributed by atoms with Crippen LogP contribution in [-0.4, -0.2) is 19.1 Å². The van der Waals surface area contributed by atoms with Gasteiger partial charge in [-0.3, -0.25) is 10.1 Å². The molecule has 0 radical (unpaired) electrons. The second kappa shape index (κ2) is 6.45. The summed E-state index contributed by atoms with van der Waals surface area (Å²) in [6.45, 7) is 0.512. The number of methoxy groups -OCH3 is 1. The van der Waals surface area contributed by atoms with Crippen molar-refractivity contribution >= 4 is 23.0 Å². The molecule has 0 atom stereocenters. The second-order valence-electron chi connectivity index (χ2n) is 4.57. The first-order chi connectivity index (χ1) is 10.0. The average Bonchev–Trinajstić information content (AvgIpc) is 2.46. The van der Waals surface area contributed by atoms with Crippen molar-refractivity contribution < 1.29 is 9.66 Å². The Hall–Kier alpha value is -2.27. The van der Waals surface area contributed by atoms with Crippen molar-refractivity contribution in [2.45, 2.75) is 6.54 Å². The number of rotatable bonds is 5. The van der Waals surface area contributed by atoms with Crippen LogP contribution in [0.3, 0.4) is 0 Å². The van der Waals surface area contributed by atoms with E-state index in [0.717, 1.165) is 11.3 Å². The fourth-order valence-electron chi connectivity index (χ4n) is 2.12. The summed E-state index contributed by atoms with van der Waals surface area (Å²) >= 11 is 5.93. The molecule has 0 aliphatic carbocycles. The van der Waals surface area contributed by atoms with Crippen LogP contribution in [0.1, 0.15) is 5.56 Å². The molecule has 0 aromatic heterocycles. The third kappa shape index (κ3) is 3.44. The molecule has 2 aromatic carbocycles. The highest BCUT2D eigenvalue weighted by molar-refractivity contribution is 6.33. The topological polar surface area (TPSA) is 55.6 Å². The first-order valence-corrected chi connectivity index (χ1v) is 6.67. The molecule has 21 heavy (non-hydrogen) atoms. The minimum Gasteiger partial charge on any atom is -0.497 e. The van der Waals surface area contributed by atoms with Gasteiger partial charge < -0.3 is 9.64 Å². The Labute approximate surface area is 127 Å². The van der Waals surface area contributed by atoms with E-state index in [9.17, 15) is 10.1 Å². The van der Waals surface area contributed by atoms with Gasteiger partial charge in [-0.15, -0.1) is 0 Å². The van der Waals surface area contributed by atoms with Crippen LogP contribution in [-0.2, 0) is 6.54 Å². The highest BCUT2D eigenvalue weighted by Gasteiger charge is 2.21. The van der Waals surface area contributed by atoms with Crippen LogP contribution in [0.5, 0.6) is 5.75 Å². The minimum absolute atomic E-state index is 0.0791. The van der Waals surface area contributed by atoms with Gasteiger partial charge >= 0.3 is 5.69 Å². The molecule has 0 amide bonds. The maximum atomic E-state index is 11.2. The fourth-order valence-corrected chi connectivity index (χ4v) is 2.36. The number of para-hydroxylation sites is 1. The molecule has 2 aromatic rings. The van der Waals surface area contributed by atoms with Crippen molar-refractivity contribution in [1.29, 1.82) is 0 Å². The molecular weight excluding hydrogens is 292 g/mol. The molecule has 0 aliphatic heterocycles. The van der Waals surface area contributed by atoms with E-state index in [4.69, 9.17) is 16.3 Å². The molecule has 5 nitrogen and oxygen atoms in total. The molecule has 6 heteroatoms. The van der Waals surface area contributed by atoms with Crippen LogP contribution in [0.2, 0.25) is 5.02 Å². The lowest BCUT2D eigenvalue weighted by atomic mass is 10.2. The second-order valence-corrected chi connectivity index (χ2v) is 4.98. The number of anilines is 1. The molecule has 0 saturated carbocycles. The quantitative estimate of drug-likeness (QED) is 0.621. The summed E-state index contributed by atoms with van der Waals surface area (Å²) in [5.41, 5.74) is 1.39. The van der Waals surface area contributed by atoms with Gasteiger partial charge in [-0.25, -0.2) is 0 Å². The maximum Gasteiger partial charge on any atom is 0.310 e. The first kappa shape index (κ1) is 15.1. The minimum atomic E-state index is -0.459. The zero-order chi connectivity index (χ0) is 15.4. The van der Waals surface area contributed by atoms with Crippen LogP contribution in [0, 0.1) is 10.1 Å². The molecule has 2 rings (SSSR count). The van der Waals surface area contributed by atoms with Crippen LogP contribution < -0.4 is 9.64 Å². The molecule has 110 valence electrons.